The maximum atomic E-state index is 12.7. The Morgan fingerprint density at radius 3 is 2.62 bits per heavy atom. The first-order chi connectivity index (χ1) is 11.6. The first kappa shape index (κ1) is 15.6. The van der Waals surface area contributed by atoms with E-state index in [1.807, 2.05) is 30.3 Å². The van der Waals surface area contributed by atoms with E-state index >= 15 is 0 Å². The molecule has 1 aromatic heterocycles. The van der Waals surface area contributed by atoms with Gasteiger partial charge in [-0.15, -0.1) is 0 Å². The van der Waals surface area contributed by atoms with Crippen LogP contribution in [-0.4, -0.2) is 19.6 Å². The lowest BCUT2D eigenvalue weighted by atomic mass is 9.87. The third kappa shape index (κ3) is 2.91. The van der Waals surface area contributed by atoms with Gasteiger partial charge in [-0.3, -0.25) is 4.98 Å². The van der Waals surface area contributed by atoms with Gasteiger partial charge in [-0.25, -0.2) is 8.42 Å². The minimum absolute atomic E-state index is 0.205. The number of rotatable bonds is 2. The van der Waals surface area contributed by atoms with Crippen molar-refractivity contribution in [3.63, 3.8) is 0 Å². The molecule has 2 aromatic rings. The number of nitrogens with one attached hydrogen (secondary N) is 2. The highest BCUT2D eigenvalue weighted by atomic mass is 32.2. The van der Waals surface area contributed by atoms with Gasteiger partial charge in [0.2, 0.25) is 10.0 Å². The highest BCUT2D eigenvalue weighted by molar-refractivity contribution is 7.89. The minimum atomic E-state index is -3.51. The molecule has 2 aliphatic rings. The number of anilines is 1. The Hall–Kier alpha value is -1.92. The normalized spacial score (nSPS) is 23.2. The summed E-state index contributed by atoms with van der Waals surface area (Å²) in [4.78, 5) is 4.60. The number of aromatic nitrogens is 1. The number of benzene rings is 1. The maximum Gasteiger partial charge on any atom is 0.244 e. The van der Waals surface area contributed by atoms with Crippen LogP contribution in [0.5, 0.6) is 0 Å². The molecule has 24 heavy (non-hydrogen) atoms. The van der Waals surface area contributed by atoms with Gasteiger partial charge >= 0.3 is 0 Å². The first-order valence-corrected chi connectivity index (χ1v) is 9.96. The van der Waals surface area contributed by atoms with Gasteiger partial charge in [-0.05, 0) is 43.0 Å². The van der Waals surface area contributed by atoms with Crippen molar-refractivity contribution in [3.8, 4) is 11.3 Å². The lowest BCUT2D eigenvalue weighted by Gasteiger charge is -2.35. The van der Waals surface area contributed by atoms with E-state index in [2.05, 4.69) is 15.0 Å². The SMILES string of the molecule is O=S1(=O)NC(C2CCCCC2)Nc2ccc(-c3ccccn3)cc21. The van der Waals surface area contributed by atoms with Gasteiger partial charge in [0.25, 0.3) is 0 Å². The van der Waals surface area contributed by atoms with Gasteiger partial charge in [0.1, 0.15) is 4.90 Å². The quantitative estimate of drug-likeness (QED) is 0.877. The molecule has 1 saturated carbocycles. The highest BCUT2D eigenvalue weighted by Crippen LogP contribution is 2.35. The fourth-order valence-electron chi connectivity index (χ4n) is 3.67. The predicted octanol–water partition coefficient (Wildman–Crippen LogP) is 3.36. The summed E-state index contributed by atoms with van der Waals surface area (Å²) in [6.07, 6.45) is 7.25. The van der Waals surface area contributed by atoms with Gasteiger partial charge in [0, 0.05) is 11.8 Å². The summed E-state index contributed by atoms with van der Waals surface area (Å²) in [7, 11) is -3.51. The van der Waals surface area contributed by atoms with E-state index in [-0.39, 0.29) is 6.17 Å². The third-order valence-electron chi connectivity index (χ3n) is 4.95. The lowest BCUT2D eigenvalue weighted by Crippen LogP contribution is -2.49. The molecular weight excluding hydrogens is 322 g/mol. The van der Waals surface area contributed by atoms with Gasteiger partial charge < -0.3 is 5.32 Å². The largest absolute Gasteiger partial charge is 0.368 e. The molecule has 6 heteroatoms. The Labute approximate surface area is 142 Å². The second-order valence-corrected chi connectivity index (χ2v) is 8.25. The molecule has 1 aliphatic carbocycles. The number of hydrogen-bond donors (Lipinski definition) is 2. The molecule has 0 saturated heterocycles. The summed E-state index contributed by atoms with van der Waals surface area (Å²) < 4.78 is 28.3. The summed E-state index contributed by atoms with van der Waals surface area (Å²) in [6.45, 7) is 0. The van der Waals surface area contributed by atoms with E-state index in [9.17, 15) is 8.42 Å². The second kappa shape index (κ2) is 6.18. The van der Waals surface area contributed by atoms with Crippen molar-refractivity contribution in [2.75, 3.05) is 5.32 Å². The number of fused-ring (bicyclic) bond motifs is 1. The van der Waals surface area contributed by atoms with Crippen molar-refractivity contribution >= 4 is 15.7 Å². The smallest absolute Gasteiger partial charge is 0.244 e. The highest BCUT2D eigenvalue weighted by Gasteiger charge is 2.34. The van der Waals surface area contributed by atoms with Crippen LogP contribution in [0.1, 0.15) is 32.1 Å². The number of pyridine rings is 1. The van der Waals surface area contributed by atoms with Crippen molar-refractivity contribution in [3.05, 3.63) is 42.6 Å². The summed E-state index contributed by atoms with van der Waals surface area (Å²) in [5.41, 5.74) is 2.26. The Morgan fingerprint density at radius 2 is 1.88 bits per heavy atom. The average Bonchev–Trinajstić information content (AvgIpc) is 2.62. The van der Waals surface area contributed by atoms with Gasteiger partial charge in [-0.2, -0.15) is 4.72 Å². The molecule has 1 aliphatic heterocycles. The molecule has 1 fully saturated rings. The standard InChI is InChI=1S/C18H21N3O2S/c22-24(23)17-12-14(15-8-4-5-11-19-15)9-10-16(17)20-18(21-24)13-6-2-1-3-7-13/h4-5,8-13,18,20-21H,1-3,6-7H2. The van der Waals surface area contributed by atoms with E-state index in [0.717, 1.165) is 24.1 Å². The molecule has 0 amide bonds. The molecule has 0 radical (unpaired) electrons. The second-order valence-electron chi connectivity index (χ2n) is 6.57. The van der Waals surface area contributed by atoms with E-state index in [0.29, 0.717) is 16.5 Å². The van der Waals surface area contributed by atoms with Crippen LogP contribution in [-0.2, 0) is 10.0 Å². The first-order valence-electron chi connectivity index (χ1n) is 8.48. The molecule has 1 aromatic carbocycles. The lowest BCUT2D eigenvalue weighted by molar-refractivity contribution is 0.306. The van der Waals surface area contributed by atoms with Crippen LogP contribution in [0.2, 0.25) is 0 Å². The van der Waals surface area contributed by atoms with Gasteiger partial charge in [-0.1, -0.05) is 31.4 Å². The molecular formula is C18H21N3O2S. The molecule has 5 nitrogen and oxygen atoms in total. The molecule has 2 heterocycles. The van der Waals surface area contributed by atoms with Gasteiger partial charge in [0.15, 0.2) is 0 Å². The zero-order chi connectivity index (χ0) is 16.6. The van der Waals surface area contributed by atoms with Crippen LogP contribution in [0.25, 0.3) is 11.3 Å². The summed E-state index contributed by atoms with van der Waals surface area (Å²) in [6, 6.07) is 11.1. The zero-order valence-electron chi connectivity index (χ0n) is 13.4. The Kier molecular flexibility index (Phi) is 4.02. The molecule has 4 rings (SSSR count). The van der Waals surface area contributed by atoms with Crippen molar-refractivity contribution in [2.45, 2.75) is 43.2 Å². The van der Waals surface area contributed by atoms with Crippen molar-refractivity contribution in [1.82, 2.24) is 9.71 Å². The van der Waals surface area contributed by atoms with Crippen LogP contribution >= 0.6 is 0 Å². The predicted molar refractivity (Wildman–Crippen MR) is 94.0 cm³/mol. The molecule has 2 N–H and O–H groups in total. The minimum Gasteiger partial charge on any atom is -0.368 e. The van der Waals surface area contributed by atoms with Crippen molar-refractivity contribution < 1.29 is 8.42 Å². The molecule has 0 spiro atoms. The summed E-state index contributed by atoms with van der Waals surface area (Å²) in [5.74, 6) is 0.358. The number of sulfonamides is 1. The van der Waals surface area contributed by atoms with Gasteiger partial charge in [0.05, 0.1) is 17.5 Å². The average molecular weight is 343 g/mol. The third-order valence-corrected chi connectivity index (χ3v) is 6.43. The van der Waals surface area contributed by atoms with E-state index in [1.165, 1.54) is 19.3 Å². The van der Waals surface area contributed by atoms with Crippen LogP contribution in [0.3, 0.4) is 0 Å². The zero-order valence-corrected chi connectivity index (χ0v) is 14.2. The van der Waals surface area contributed by atoms with E-state index < -0.39 is 10.0 Å². The van der Waals surface area contributed by atoms with E-state index in [4.69, 9.17) is 0 Å². The monoisotopic (exact) mass is 343 g/mol. The van der Waals surface area contributed by atoms with Crippen LogP contribution in [0, 0.1) is 5.92 Å². The Balaban J connectivity index is 1.68. The molecule has 126 valence electrons. The topological polar surface area (TPSA) is 71.1 Å². The molecule has 1 unspecified atom stereocenters. The van der Waals surface area contributed by atoms with Crippen LogP contribution in [0.4, 0.5) is 5.69 Å². The van der Waals surface area contributed by atoms with Crippen LogP contribution < -0.4 is 10.0 Å². The van der Waals surface area contributed by atoms with Crippen molar-refractivity contribution in [2.24, 2.45) is 5.92 Å². The van der Waals surface area contributed by atoms with Crippen molar-refractivity contribution in [1.29, 1.82) is 0 Å². The fraction of sp³-hybridized carbons (Fsp3) is 0.389. The number of nitrogens with zero attached hydrogens (tertiary/aromatic N) is 1. The number of hydrogen-bond acceptors (Lipinski definition) is 4. The van der Waals surface area contributed by atoms with E-state index in [1.54, 1.807) is 12.3 Å². The maximum absolute atomic E-state index is 12.7. The van der Waals surface area contributed by atoms with Crippen LogP contribution in [0.15, 0.2) is 47.5 Å². The summed E-state index contributed by atoms with van der Waals surface area (Å²) in [5, 5.41) is 3.39. The summed E-state index contributed by atoms with van der Waals surface area (Å²) >= 11 is 0. The fourth-order valence-corrected chi connectivity index (χ4v) is 5.08. The molecule has 0 bridgehead atoms. The molecule has 1 atom stereocenters. The Morgan fingerprint density at radius 1 is 1.04 bits per heavy atom. The Bertz CT molecular complexity index is 831.